The number of phosphoric ester groups is 1. The molecular formula is C37H63O9P. The molecule has 1 unspecified atom stereocenters. The first-order chi connectivity index (χ1) is 22.7. The number of ether oxygens (including phenoxy) is 2. The van der Waals surface area contributed by atoms with E-state index >= 15 is 0 Å². The molecule has 0 radical (unpaired) electrons. The van der Waals surface area contributed by atoms with Gasteiger partial charge in [0.05, 0.1) is 12.7 Å². The first kappa shape index (κ1) is 44.7. The Labute approximate surface area is 284 Å². The molecule has 0 aromatic carbocycles. The zero-order valence-electron chi connectivity index (χ0n) is 29.0. The van der Waals surface area contributed by atoms with Gasteiger partial charge in [-0.15, -0.1) is 0 Å². The van der Waals surface area contributed by atoms with E-state index in [1.165, 1.54) is 32.1 Å². The molecule has 0 aliphatic carbocycles. The molecule has 0 saturated heterocycles. The van der Waals surface area contributed by atoms with Gasteiger partial charge in [0, 0.05) is 12.8 Å². The molecule has 0 fully saturated rings. The second-order valence-electron chi connectivity index (χ2n) is 11.7. The first-order valence-corrected chi connectivity index (χ1v) is 19.2. The largest absolute Gasteiger partial charge is 0.469 e. The summed E-state index contributed by atoms with van der Waals surface area (Å²) in [6, 6.07) is 0. The highest BCUT2D eigenvalue weighted by atomic mass is 31.2. The molecule has 10 heteroatoms. The molecule has 9 nitrogen and oxygen atoms in total. The van der Waals surface area contributed by atoms with Crippen LogP contribution < -0.4 is 0 Å². The quantitative estimate of drug-likeness (QED) is 0.0215. The zero-order valence-corrected chi connectivity index (χ0v) is 29.9. The van der Waals surface area contributed by atoms with Crippen LogP contribution >= 0.6 is 7.82 Å². The number of phosphoric acid groups is 1. The Morgan fingerprint density at radius 1 is 0.660 bits per heavy atom. The third-order valence-electron chi connectivity index (χ3n) is 7.09. The number of aliphatic hydroxyl groups is 1. The third kappa shape index (κ3) is 34.9. The van der Waals surface area contributed by atoms with Gasteiger partial charge in [-0.25, -0.2) is 4.57 Å². The van der Waals surface area contributed by atoms with Crippen molar-refractivity contribution in [3.05, 3.63) is 60.8 Å². The molecule has 0 bridgehead atoms. The lowest BCUT2D eigenvalue weighted by Gasteiger charge is -2.18. The molecule has 2 atom stereocenters. The number of carbonyl (C=O) groups is 2. The van der Waals surface area contributed by atoms with Crippen molar-refractivity contribution in [3.8, 4) is 0 Å². The maximum absolute atomic E-state index is 12.3. The molecule has 0 aromatic heterocycles. The molecular weight excluding hydrogens is 619 g/mol. The number of esters is 2. The number of hydrogen-bond donors (Lipinski definition) is 3. The van der Waals surface area contributed by atoms with Crippen LogP contribution in [0.4, 0.5) is 0 Å². The van der Waals surface area contributed by atoms with E-state index in [9.17, 15) is 19.3 Å². The smallest absolute Gasteiger partial charge is 0.462 e. The van der Waals surface area contributed by atoms with Crippen molar-refractivity contribution < 1.29 is 43.0 Å². The fraction of sp³-hybridized carbons (Fsp3) is 0.676. The first-order valence-electron chi connectivity index (χ1n) is 17.7. The summed E-state index contributed by atoms with van der Waals surface area (Å²) in [7, 11) is -4.78. The molecule has 0 saturated carbocycles. The second kappa shape index (κ2) is 32.3. The minimum absolute atomic E-state index is 0.128. The van der Waals surface area contributed by atoms with Crippen molar-refractivity contribution in [1.29, 1.82) is 0 Å². The van der Waals surface area contributed by atoms with Gasteiger partial charge in [0.2, 0.25) is 0 Å². The lowest BCUT2D eigenvalue weighted by Crippen LogP contribution is -2.29. The van der Waals surface area contributed by atoms with Crippen molar-refractivity contribution in [2.45, 2.75) is 148 Å². The molecule has 0 aromatic rings. The van der Waals surface area contributed by atoms with Crippen molar-refractivity contribution >= 4 is 19.8 Å². The minimum atomic E-state index is -4.78. The molecule has 270 valence electrons. The van der Waals surface area contributed by atoms with Crippen LogP contribution in [-0.2, 0) is 28.2 Å². The number of carbonyl (C=O) groups excluding carboxylic acids is 2. The van der Waals surface area contributed by atoms with Crippen molar-refractivity contribution in [2.75, 3.05) is 13.2 Å². The van der Waals surface area contributed by atoms with Crippen LogP contribution in [0.5, 0.6) is 0 Å². The Bertz CT molecular complexity index is 965. The third-order valence-corrected chi connectivity index (χ3v) is 7.57. The van der Waals surface area contributed by atoms with Crippen LogP contribution in [0, 0.1) is 0 Å². The van der Waals surface area contributed by atoms with Crippen molar-refractivity contribution in [2.24, 2.45) is 0 Å². The molecule has 0 spiro atoms. The monoisotopic (exact) mass is 682 g/mol. The number of aliphatic hydroxyl groups excluding tert-OH is 1. The zero-order chi connectivity index (χ0) is 34.9. The van der Waals surface area contributed by atoms with Gasteiger partial charge in [0.15, 0.2) is 6.10 Å². The number of allylic oxidation sites excluding steroid dienone is 8. The van der Waals surface area contributed by atoms with E-state index in [1.54, 1.807) is 12.2 Å². The predicted octanol–water partition coefficient (Wildman–Crippen LogP) is 9.14. The van der Waals surface area contributed by atoms with Gasteiger partial charge in [0.1, 0.15) is 6.61 Å². The van der Waals surface area contributed by atoms with Gasteiger partial charge in [-0.05, 0) is 64.2 Å². The highest BCUT2D eigenvalue weighted by Crippen LogP contribution is 2.35. The van der Waals surface area contributed by atoms with Crippen LogP contribution in [0.2, 0.25) is 0 Å². The van der Waals surface area contributed by atoms with Gasteiger partial charge in [-0.1, -0.05) is 120 Å². The van der Waals surface area contributed by atoms with E-state index in [2.05, 4.69) is 48.8 Å². The number of hydrogen-bond acceptors (Lipinski definition) is 7. The molecule has 47 heavy (non-hydrogen) atoms. The Morgan fingerprint density at radius 2 is 1.26 bits per heavy atom. The summed E-state index contributed by atoms with van der Waals surface area (Å²) in [5, 5.41) is 10.0. The van der Waals surface area contributed by atoms with Gasteiger partial charge in [-0.2, -0.15) is 0 Å². The lowest BCUT2D eigenvalue weighted by atomic mass is 10.1. The van der Waals surface area contributed by atoms with Crippen LogP contribution in [0.15, 0.2) is 60.8 Å². The maximum atomic E-state index is 12.3. The molecule has 0 amide bonds. The van der Waals surface area contributed by atoms with Crippen LogP contribution in [0.3, 0.4) is 0 Å². The Balaban J connectivity index is 4.22. The average molecular weight is 683 g/mol. The lowest BCUT2D eigenvalue weighted by molar-refractivity contribution is -0.161. The van der Waals surface area contributed by atoms with Gasteiger partial charge >= 0.3 is 19.8 Å². The average Bonchev–Trinajstić information content (AvgIpc) is 3.03. The van der Waals surface area contributed by atoms with Crippen LogP contribution in [-0.4, -0.2) is 52.3 Å². The molecule has 3 N–H and O–H groups in total. The van der Waals surface area contributed by atoms with Gasteiger partial charge in [0.25, 0.3) is 0 Å². The number of unbranched alkanes of at least 4 members (excludes halogenated alkanes) is 11. The van der Waals surface area contributed by atoms with E-state index < -0.39 is 38.6 Å². The highest BCUT2D eigenvalue weighted by Gasteiger charge is 2.22. The fourth-order valence-corrected chi connectivity index (χ4v) is 4.73. The summed E-state index contributed by atoms with van der Waals surface area (Å²) in [4.78, 5) is 42.5. The Kier molecular flexibility index (Phi) is 30.7. The molecule has 0 rings (SSSR count). The summed E-state index contributed by atoms with van der Waals surface area (Å²) in [5.74, 6) is -1.03. The summed E-state index contributed by atoms with van der Waals surface area (Å²) in [6.07, 6.45) is 35.5. The van der Waals surface area contributed by atoms with E-state index in [0.29, 0.717) is 25.7 Å². The van der Waals surface area contributed by atoms with E-state index in [1.807, 2.05) is 18.2 Å². The van der Waals surface area contributed by atoms with Crippen molar-refractivity contribution in [1.82, 2.24) is 0 Å². The van der Waals surface area contributed by atoms with Crippen LogP contribution in [0.25, 0.3) is 0 Å². The van der Waals surface area contributed by atoms with Crippen LogP contribution in [0.1, 0.15) is 136 Å². The Hall–Kier alpha value is -2.29. The normalized spacial score (nSPS) is 13.9. The minimum Gasteiger partial charge on any atom is -0.462 e. The van der Waals surface area contributed by atoms with Gasteiger partial charge < -0.3 is 24.4 Å². The molecule has 0 heterocycles. The summed E-state index contributed by atoms with van der Waals surface area (Å²) < 4.78 is 26.1. The molecule has 0 aliphatic rings. The van der Waals surface area contributed by atoms with Crippen molar-refractivity contribution in [3.63, 3.8) is 0 Å². The predicted molar refractivity (Wildman–Crippen MR) is 190 cm³/mol. The van der Waals surface area contributed by atoms with E-state index in [-0.39, 0.29) is 19.4 Å². The maximum Gasteiger partial charge on any atom is 0.469 e. The number of rotatable bonds is 31. The Morgan fingerprint density at radius 3 is 1.98 bits per heavy atom. The van der Waals surface area contributed by atoms with E-state index in [4.69, 9.17) is 19.3 Å². The van der Waals surface area contributed by atoms with E-state index in [0.717, 1.165) is 51.4 Å². The van der Waals surface area contributed by atoms with Gasteiger partial charge in [-0.3, -0.25) is 14.1 Å². The summed E-state index contributed by atoms with van der Waals surface area (Å²) >= 11 is 0. The summed E-state index contributed by atoms with van der Waals surface area (Å²) in [5.41, 5.74) is 0. The fourth-order valence-electron chi connectivity index (χ4n) is 4.37. The second-order valence-corrected chi connectivity index (χ2v) is 12.9. The SMILES string of the molecule is CCCC/C=C\CCCCCCCC(=O)O[C@H](COC(=O)CCC/C=C/C=C\C(O)C/C=C\C/C=C\CCCCC)COP(=O)(O)O. The highest BCUT2D eigenvalue weighted by molar-refractivity contribution is 7.46. The molecule has 0 aliphatic heterocycles. The standard InChI is InChI=1S/C37H63O9P/c1-3-5-7-9-11-13-14-16-18-22-27-31-37(40)46-35(33-45-47(41,42)43)32-44-36(39)30-26-23-19-21-25-29-34(38)28-24-20-17-15-12-10-8-6-4-2/h9,11-12,15,19-21,24-25,29,34-35,38H,3-8,10,13-14,16-18,22-23,26-28,30-33H2,1-2H3,(H2,41,42,43)/b11-9-,15-12-,21-19+,24-20-,29-25-/t34?,35-/m1/s1. The summed E-state index contributed by atoms with van der Waals surface area (Å²) in [6.45, 7) is 3.45. The topological polar surface area (TPSA) is 140 Å².